The summed E-state index contributed by atoms with van der Waals surface area (Å²) in [7, 11) is 3.22. The number of fused-ring (bicyclic) bond motifs is 1. The van der Waals surface area contributed by atoms with Gasteiger partial charge in [0, 0.05) is 73.9 Å². The molecule has 4 aromatic rings. The van der Waals surface area contributed by atoms with Crippen molar-refractivity contribution < 1.29 is 23.5 Å². The topological polar surface area (TPSA) is 122 Å². The third-order valence-corrected chi connectivity index (χ3v) is 11.9. The average molecular weight is 704 g/mol. The van der Waals surface area contributed by atoms with Gasteiger partial charge in [0.1, 0.15) is 11.5 Å². The number of rotatable bonds is 8. The summed E-state index contributed by atoms with van der Waals surface area (Å²) >= 11 is 0. The molecule has 12 heteroatoms. The number of nitrogens with one attached hydrogen (secondary N) is 2. The van der Waals surface area contributed by atoms with E-state index in [1.807, 2.05) is 31.2 Å². The van der Waals surface area contributed by atoms with Crippen molar-refractivity contribution in [3.63, 3.8) is 0 Å². The van der Waals surface area contributed by atoms with Crippen molar-refractivity contribution in [2.24, 2.45) is 0 Å². The molecule has 2 spiro atoms. The first-order valence-electron chi connectivity index (χ1n) is 18.1. The molecule has 4 saturated heterocycles. The summed E-state index contributed by atoms with van der Waals surface area (Å²) in [4.78, 5) is 42.7. The van der Waals surface area contributed by atoms with Gasteiger partial charge in [-0.05, 0) is 61.4 Å². The summed E-state index contributed by atoms with van der Waals surface area (Å²) in [5.74, 6) is 0.854. The molecule has 2 N–H and O–H groups in total. The highest BCUT2D eigenvalue weighted by molar-refractivity contribution is 5.81. The second-order valence-electron chi connectivity index (χ2n) is 15.2. The van der Waals surface area contributed by atoms with Crippen LogP contribution in [0.1, 0.15) is 60.5 Å². The van der Waals surface area contributed by atoms with Crippen molar-refractivity contribution in [3.8, 4) is 45.4 Å². The molecule has 0 radical (unpaired) electrons. The smallest absolute Gasteiger partial charge is 0.237 e. The number of nitrogens with zero attached hydrogens (tertiary/aromatic N) is 5. The van der Waals surface area contributed by atoms with E-state index in [1.165, 1.54) is 5.56 Å². The highest BCUT2D eigenvalue weighted by Crippen LogP contribution is 2.47. The number of benzene rings is 2. The summed E-state index contributed by atoms with van der Waals surface area (Å²) in [5, 5.41) is 6.30. The number of halogens is 1. The largest absolute Gasteiger partial charge is 0.481 e. The van der Waals surface area contributed by atoms with Gasteiger partial charge in [0.25, 0.3) is 0 Å². The van der Waals surface area contributed by atoms with Crippen molar-refractivity contribution in [2.45, 2.75) is 69.1 Å². The van der Waals surface area contributed by atoms with Gasteiger partial charge in [-0.15, -0.1) is 0 Å². The summed E-state index contributed by atoms with van der Waals surface area (Å²) in [5.41, 5.74) is 7.40. The number of amides is 2. The van der Waals surface area contributed by atoms with Crippen molar-refractivity contribution >= 4 is 11.8 Å². The third-order valence-electron chi connectivity index (χ3n) is 11.9. The quantitative estimate of drug-likeness (QED) is 0.268. The lowest BCUT2D eigenvalue weighted by molar-refractivity contribution is -0.121. The number of aromatic nitrogens is 3. The zero-order valence-corrected chi connectivity index (χ0v) is 29.7. The predicted octanol–water partition coefficient (Wildman–Crippen LogP) is 4.75. The van der Waals surface area contributed by atoms with Gasteiger partial charge in [0.05, 0.1) is 42.9 Å². The van der Waals surface area contributed by atoms with Crippen LogP contribution in [0.4, 0.5) is 4.39 Å². The number of aryl methyl sites for hydroxylation is 1. The Kier molecular flexibility index (Phi) is 7.81. The lowest BCUT2D eigenvalue weighted by atomic mass is 9.86. The van der Waals surface area contributed by atoms with Crippen LogP contribution in [0, 0.1) is 12.7 Å². The molecule has 6 heterocycles. The summed E-state index contributed by atoms with van der Waals surface area (Å²) in [6, 6.07) is 13.6. The number of ether oxygens (including phenoxy) is 2. The van der Waals surface area contributed by atoms with Gasteiger partial charge < -0.3 is 20.1 Å². The van der Waals surface area contributed by atoms with Crippen LogP contribution < -0.4 is 20.1 Å². The molecular weight excluding hydrogens is 661 g/mol. The number of hydrogen-bond acceptors (Lipinski definition) is 9. The fourth-order valence-corrected chi connectivity index (χ4v) is 9.29. The molecule has 2 aromatic carbocycles. The van der Waals surface area contributed by atoms with Gasteiger partial charge in [-0.3, -0.25) is 24.4 Å². The Balaban J connectivity index is 0.973. The van der Waals surface area contributed by atoms with Crippen LogP contribution in [0.15, 0.2) is 48.7 Å². The van der Waals surface area contributed by atoms with Crippen molar-refractivity contribution in [1.82, 2.24) is 35.4 Å². The molecule has 0 unspecified atom stereocenters. The Hall–Kier alpha value is -4.94. The SMILES string of the molecule is COc1nc(-c2cccc(-c3cccc(-c4cc5c(c(OC)n4)[C@@H](N4CC6(CCC(=O)N6)C4)CC5)c3C)c2F)cnc1CN1CC2(CCC(=O)N2)C1. The lowest BCUT2D eigenvalue weighted by Gasteiger charge is -2.50. The Morgan fingerprint density at radius 3 is 2.13 bits per heavy atom. The minimum atomic E-state index is -0.387. The molecule has 1 aliphatic carbocycles. The molecule has 2 aromatic heterocycles. The molecule has 0 saturated carbocycles. The van der Waals surface area contributed by atoms with Crippen LogP contribution >= 0.6 is 0 Å². The van der Waals surface area contributed by atoms with Crippen LogP contribution in [0.5, 0.6) is 11.8 Å². The summed E-state index contributed by atoms with van der Waals surface area (Å²) in [6.45, 7) is 5.76. The van der Waals surface area contributed by atoms with Crippen LogP contribution in [0.25, 0.3) is 33.6 Å². The normalized spacial score (nSPS) is 21.5. The average Bonchev–Trinajstić information content (AvgIpc) is 3.84. The highest BCUT2D eigenvalue weighted by atomic mass is 19.1. The predicted molar refractivity (Wildman–Crippen MR) is 192 cm³/mol. The molecule has 5 aliphatic rings. The van der Waals surface area contributed by atoms with Crippen LogP contribution in [-0.2, 0) is 22.6 Å². The van der Waals surface area contributed by atoms with Gasteiger partial charge in [0.15, 0.2) is 0 Å². The second kappa shape index (κ2) is 12.3. The van der Waals surface area contributed by atoms with E-state index >= 15 is 4.39 Å². The molecule has 268 valence electrons. The molecule has 11 nitrogen and oxygen atoms in total. The van der Waals surface area contributed by atoms with Gasteiger partial charge in [-0.2, -0.15) is 0 Å². The first-order chi connectivity index (χ1) is 25.2. The van der Waals surface area contributed by atoms with Crippen LogP contribution in [-0.4, -0.2) is 88.0 Å². The van der Waals surface area contributed by atoms with E-state index in [0.29, 0.717) is 53.7 Å². The zero-order chi connectivity index (χ0) is 35.8. The monoisotopic (exact) mass is 703 g/mol. The molecule has 4 aliphatic heterocycles. The van der Waals surface area contributed by atoms with E-state index in [9.17, 15) is 9.59 Å². The summed E-state index contributed by atoms with van der Waals surface area (Å²) < 4.78 is 28.1. The van der Waals surface area contributed by atoms with Crippen molar-refractivity contribution in [1.29, 1.82) is 0 Å². The van der Waals surface area contributed by atoms with Gasteiger partial charge in [-0.1, -0.05) is 30.3 Å². The minimum Gasteiger partial charge on any atom is -0.481 e. The number of carbonyl (C=O) groups is 2. The molecule has 52 heavy (non-hydrogen) atoms. The highest BCUT2D eigenvalue weighted by Gasteiger charge is 2.51. The maximum absolute atomic E-state index is 16.5. The molecule has 2 amide bonds. The Bertz CT molecular complexity index is 2130. The molecule has 0 bridgehead atoms. The maximum Gasteiger partial charge on any atom is 0.237 e. The number of likely N-dealkylation sites (tertiary alicyclic amines) is 2. The van der Waals surface area contributed by atoms with E-state index in [0.717, 1.165) is 79.8 Å². The van der Waals surface area contributed by atoms with Gasteiger partial charge in [0.2, 0.25) is 23.6 Å². The number of methoxy groups -OCH3 is 2. The first kappa shape index (κ1) is 32.9. The maximum atomic E-state index is 16.5. The standard InChI is InChI=1S/C40H42FN7O4/c1-23-25(6-4-7-26(23)29-16-24-10-11-32(35(24)38(43-29)52-3)48-21-40(22-48)15-13-34(50)46-40)27-8-5-9-28(36(27)41)30-17-42-31(37(44-30)51-2)18-47-19-39(20-47)14-12-33(49)45-39/h4-9,16-17,32H,10-15,18-22H2,1-3H3,(H,45,49)(H,46,50)/t32-/m0/s1. The Morgan fingerprint density at radius 2 is 1.46 bits per heavy atom. The zero-order valence-electron chi connectivity index (χ0n) is 29.7. The molecule has 4 fully saturated rings. The number of carbonyl (C=O) groups excluding carboxylic acids is 2. The van der Waals surface area contributed by atoms with E-state index in [2.05, 4.69) is 31.5 Å². The number of pyridine rings is 1. The fraction of sp³-hybridized carbons (Fsp3) is 0.425. The van der Waals surface area contributed by atoms with E-state index in [-0.39, 0.29) is 34.8 Å². The fourth-order valence-electron chi connectivity index (χ4n) is 9.29. The summed E-state index contributed by atoms with van der Waals surface area (Å²) in [6.07, 6.45) is 6.42. The molecular formula is C40H42FN7O4. The van der Waals surface area contributed by atoms with Crippen LogP contribution in [0.2, 0.25) is 0 Å². The number of hydrogen-bond donors (Lipinski definition) is 2. The van der Waals surface area contributed by atoms with Crippen molar-refractivity contribution in [3.05, 3.63) is 76.9 Å². The van der Waals surface area contributed by atoms with Crippen LogP contribution in [0.3, 0.4) is 0 Å². The third kappa shape index (κ3) is 5.42. The van der Waals surface area contributed by atoms with Gasteiger partial charge >= 0.3 is 0 Å². The lowest BCUT2D eigenvalue weighted by Crippen LogP contribution is -2.67. The van der Waals surface area contributed by atoms with E-state index in [1.54, 1.807) is 32.5 Å². The van der Waals surface area contributed by atoms with E-state index < -0.39 is 0 Å². The second-order valence-corrected chi connectivity index (χ2v) is 15.2. The Labute approximate surface area is 302 Å². The van der Waals surface area contributed by atoms with Crippen molar-refractivity contribution in [2.75, 3.05) is 40.4 Å². The van der Waals surface area contributed by atoms with Gasteiger partial charge in [-0.25, -0.2) is 14.4 Å². The molecule has 1 atom stereocenters. The Morgan fingerprint density at radius 1 is 0.827 bits per heavy atom. The first-order valence-corrected chi connectivity index (χ1v) is 18.1. The minimum absolute atomic E-state index is 0.0816. The molecule has 9 rings (SSSR count). The van der Waals surface area contributed by atoms with E-state index in [4.69, 9.17) is 19.4 Å².